The first-order chi connectivity index (χ1) is 9.95. The molecule has 0 heterocycles. The Morgan fingerprint density at radius 3 is 2.38 bits per heavy atom. The Hall–Kier alpha value is -2.81. The van der Waals surface area contributed by atoms with Crippen molar-refractivity contribution in [3.63, 3.8) is 0 Å². The molecule has 0 aliphatic heterocycles. The molecule has 1 aromatic carbocycles. The Kier molecular flexibility index (Phi) is 5.96. The van der Waals surface area contributed by atoms with Gasteiger partial charge in [-0.05, 0) is 18.1 Å². The molecule has 6 nitrogen and oxygen atoms in total. The minimum Gasteiger partial charge on any atom is -0.480 e. The van der Waals surface area contributed by atoms with Crippen LogP contribution in [-0.2, 0) is 9.59 Å². The molecule has 6 heteroatoms. The van der Waals surface area contributed by atoms with E-state index in [1.54, 1.807) is 32.0 Å². The number of carbonyl (C=O) groups is 2. The summed E-state index contributed by atoms with van der Waals surface area (Å²) in [6, 6.07) is 9.72. The molecule has 3 N–H and O–H groups in total. The highest BCUT2D eigenvalue weighted by Crippen LogP contribution is 2.07. The quantitative estimate of drug-likeness (QED) is 0.546. The van der Waals surface area contributed by atoms with Gasteiger partial charge in [0.05, 0.1) is 0 Å². The molecule has 0 saturated heterocycles. The van der Waals surface area contributed by atoms with Crippen LogP contribution >= 0.6 is 0 Å². The van der Waals surface area contributed by atoms with Crippen LogP contribution in [0.3, 0.4) is 0 Å². The minimum absolute atomic E-state index is 0.189. The smallest absolute Gasteiger partial charge is 0.326 e. The average Bonchev–Trinajstić information content (AvgIpc) is 2.45. The van der Waals surface area contributed by atoms with Gasteiger partial charge in [0, 0.05) is 11.9 Å². The number of para-hydroxylation sites is 1. The second-order valence-corrected chi connectivity index (χ2v) is 4.71. The maximum Gasteiger partial charge on any atom is 0.326 e. The molecule has 1 amide bonds. The van der Waals surface area contributed by atoms with E-state index in [1.807, 2.05) is 18.2 Å². The van der Waals surface area contributed by atoms with Crippen LogP contribution in [0.2, 0.25) is 0 Å². The summed E-state index contributed by atoms with van der Waals surface area (Å²) in [5, 5.41) is 23.2. The summed E-state index contributed by atoms with van der Waals surface area (Å²) >= 11 is 0. The predicted molar refractivity (Wildman–Crippen MR) is 78.2 cm³/mol. The van der Waals surface area contributed by atoms with Crippen LogP contribution in [0.25, 0.3) is 0 Å². The molecule has 0 radical (unpaired) electrons. The highest BCUT2D eigenvalue weighted by atomic mass is 16.4. The maximum atomic E-state index is 11.9. The van der Waals surface area contributed by atoms with E-state index in [9.17, 15) is 9.59 Å². The first-order valence-electron chi connectivity index (χ1n) is 6.41. The van der Waals surface area contributed by atoms with Crippen molar-refractivity contribution in [1.29, 1.82) is 5.26 Å². The topological polar surface area (TPSA) is 102 Å². The van der Waals surface area contributed by atoms with Crippen molar-refractivity contribution in [3.8, 4) is 6.07 Å². The third-order valence-corrected chi connectivity index (χ3v) is 2.74. The third kappa shape index (κ3) is 4.99. The van der Waals surface area contributed by atoms with Crippen LogP contribution in [0.5, 0.6) is 0 Å². The van der Waals surface area contributed by atoms with Crippen molar-refractivity contribution in [3.05, 3.63) is 42.1 Å². The van der Waals surface area contributed by atoms with Crippen LogP contribution in [0.1, 0.15) is 13.8 Å². The minimum atomic E-state index is -1.13. The van der Waals surface area contributed by atoms with Gasteiger partial charge in [0.15, 0.2) is 0 Å². The van der Waals surface area contributed by atoms with Gasteiger partial charge >= 0.3 is 5.97 Å². The van der Waals surface area contributed by atoms with E-state index in [0.717, 1.165) is 5.69 Å². The summed E-state index contributed by atoms with van der Waals surface area (Å²) in [6.45, 7) is 3.36. The fraction of sp³-hybridized carbons (Fsp3) is 0.267. The lowest BCUT2D eigenvalue weighted by Gasteiger charge is -2.17. The number of hydrogen-bond donors (Lipinski definition) is 3. The first-order valence-corrected chi connectivity index (χ1v) is 6.41. The van der Waals surface area contributed by atoms with Gasteiger partial charge in [0.1, 0.15) is 17.7 Å². The molecule has 0 aliphatic rings. The van der Waals surface area contributed by atoms with E-state index in [4.69, 9.17) is 10.4 Å². The van der Waals surface area contributed by atoms with Gasteiger partial charge in [-0.15, -0.1) is 0 Å². The number of nitrogens with one attached hydrogen (secondary N) is 2. The van der Waals surface area contributed by atoms with Gasteiger partial charge in [-0.25, -0.2) is 4.79 Å². The van der Waals surface area contributed by atoms with Gasteiger partial charge < -0.3 is 15.7 Å². The van der Waals surface area contributed by atoms with Crippen molar-refractivity contribution in [2.24, 2.45) is 5.92 Å². The molecule has 1 unspecified atom stereocenters. The van der Waals surface area contributed by atoms with Crippen LogP contribution in [0, 0.1) is 17.2 Å². The van der Waals surface area contributed by atoms with Gasteiger partial charge in [0.2, 0.25) is 0 Å². The van der Waals surface area contributed by atoms with E-state index in [-0.39, 0.29) is 11.5 Å². The summed E-state index contributed by atoms with van der Waals surface area (Å²) < 4.78 is 0. The van der Waals surface area contributed by atoms with E-state index < -0.39 is 17.9 Å². The Labute approximate surface area is 123 Å². The van der Waals surface area contributed by atoms with E-state index in [2.05, 4.69) is 10.6 Å². The molecule has 110 valence electrons. The molecule has 21 heavy (non-hydrogen) atoms. The highest BCUT2D eigenvalue weighted by molar-refractivity contribution is 5.99. The average molecular weight is 287 g/mol. The standard InChI is InChI=1S/C15H17N3O3/c1-10(2)13(15(20)21)18-14(19)11(8-16)9-17-12-6-4-3-5-7-12/h3-7,9-10,13,17H,1-2H3,(H,18,19)(H,20,21)/b11-9-. The summed E-state index contributed by atoms with van der Waals surface area (Å²) in [7, 11) is 0. The lowest BCUT2D eigenvalue weighted by Crippen LogP contribution is -2.44. The number of benzene rings is 1. The SMILES string of the molecule is CC(C)C(NC(=O)/C(C#N)=C\Nc1ccccc1)C(=O)O. The Balaban J connectivity index is 2.78. The normalized spacial score (nSPS) is 12.4. The van der Waals surface area contributed by atoms with E-state index in [0.29, 0.717) is 0 Å². The second-order valence-electron chi connectivity index (χ2n) is 4.71. The highest BCUT2D eigenvalue weighted by Gasteiger charge is 2.24. The number of carboxylic acids is 1. The van der Waals surface area contributed by atoms with Crippen LogP contribution < -0.4 is 10.6 Å². The number of carboxylic acid groups (broad SMARTS) is 1. The Bertz CT molecular complexity index is 574. The zero-order valence-electron chi connectivity index (χ0n) is 11.8. The molecule has 1 aromatic rings. The van der Waals surface area contributed by atoms with E-state index in [1.165, 1.54) is 6.20 Å². The third-order valence-electron chi connectivity index (χ3n) is 2.74. The van der Waals surface area contributed by atoms with E-state index >= 15 is 0 Å². The number of aliphatic carboxylic acids is 1. The zero-order valence-corrected chi connectivity index (χ0v) is 11.8. The predicted octanol–water partition coefficient (Wildman–Crippen LogP) is 1.73. The van der Waals surface area contributed by atoms with Crippen LogP contribution in [0.15, 0.2) is 42.1 Å². The van der Waals surface area contributed by atoms with Gasteiger partial charge in [-0.1, -0.05) is 32.0 Å². The fourth-order valence-electron chi connectivity index (χ4n) is 1.57. The summed E-state index contributed by atoms with van der Waals surface area (Å²) in [4.78, 5) is 22.9. The lowest BCUT2D eigenvalue weighted by molar-refractivity contribution is -0.142. The lowest BCUT2D eigenvalue weighted by atomic mass is 10.0. The molecule has 0 saturated carbocycles. The number of carbonyl (C=O) groups excluding carboxylic acids is 1. The molecule has 0 fully saturated rings. The molecule has 1 rings (SSSR count). The number of anilines is 1. The van der Waals surface area contributed by atoms with Gasteiger partial charge in [-0.2, -0.15) is 5.26 Å². The molecular formula is C15H17N3O3. The summed E-state index contributed by atoms with van der Waals surface area (Å²) in [6.07, 6.45) is 1.25. The summed E-state index contributed by atoms with van der Waals surface area (Å²) in [5.74, 6) is -2.14. The Morgan fingerprint density at radius 2 is 1.90 bits per heavy atom. The first kappa shape index (κ1) is 16.2. The molecule has 0 bridgehead atoms. The molecular weight excluding hydrogens is 270 g/mol. The molecule has 0 aromatic heterocycles. The van der Waals surface area contributed by atoms with Crippen molar-refractivity contribution in [2.45, 2.75) is 19.9 Å². The molecule has 0 spiro atoms. The van der Waals surface area contributed by atoms with Crippen molar-refractivity contribution in [1.82, 2.24) is 5.32 Å². The van der Waals surface area contributed by atoms with Crippen LogP contribution in [-0.4, -0.2) is 23.0 Å². The van der Waals surface area contributed by atoms with Crippen molar-refractivity contribution < 1.29 is 14.7 Å². The van der Waals surface area contributed by atoms with Crippen molar-refractivity contribution in [2.75, 3.05) is 5.32 Å². The Morgan fingerprint density at radius 1 is 1.29 bits per heavy atom. The fourth-order valence-corrected chi connectivity index (χ4v) is 1.57. The molecule has 0 aliphatic carbocycles. The number of nitriles is 1. The number of nitrogens with zero attached hydrogens (tertiary/aromatic N) is 1. The monoisotopic (exact) mass is 287 g/mol. The van der Waals surface area contributed by atoms with Gasteiger partial charge in [0.25, 0.3) is 5.91 Å². The largest absolute Gasteiger partial charge is 0.480 e. The zero-order chi connectivity index (χ0) is 15.8. The van der Waals surface area contributed by atoms with Gasteiger partial charge in [-0.3, -0.25) is 4.79 Å². The number of hydrogen-bond acceptors (Lipinski definition) is 4. The van der Waals surface area contributed by atoms with Crippen LogP contribution in [0.4, 0.5) is 5.69 Å². The summed E-state index contributed by atoms with van der Waals surface area (Å²) in [5.41, 5.74) is 0.530. The molecule has 1 atom stereocenters. The maximum absolute atomic E-state index is 11.9. The number of rotatable bonds is 6. The van der Waals surface area contributed by atoms with Crippen molar-refractivity contribution >= 4 is 17.6 Å². The number of amides is 1. The second kappa shape index (κ2) is 7.70.